The molecule has 4 aliphatic heterocycles. The van der Waals surface area contributed by atoms with E-state index in [1.807, 2.05) is 48.5 Å². The van der Waals surface area contributed by atoms with E-state index in [0.29, 0.717) is 0 Å². The number of phenolic OH excluding ortho intramolecular Hbond substituents is 1. The predicted molar refractivity (Wildman–Crippen MR) is 315 cm³/mol. The SMILES string of the molecule is C[C@@H](O)C1NC(=O)[C@H](NC(=O)OC(C)(C)C)C[C@@H](O)CNC(=O)[C@@H]2[C@@H](O)[C@@H](C)CN2C(=O)[C@H]([C@H](O)CC(=O)N2CCN(C(=O)OCC3c4ccccc4-c4ccccc43)CC2)NC(=O)[C@H]([C@H](O)Cc2ccc(O)c(OS(=O)(=O)O)c2)NC(=O)[C@@H]2C[C@@H](O)CN2C1=O. The van der Waals surface area contributed by atoms with E-state index in [1.54, 1.807) is 0 Å². The molecule has 496 valence electrons. The monoisotopic (exact) mass is 1300 g/mol. The zero-order chi connectivity index (χ0) is 66.6. The Hall–Kier alpha value is -8.24. The van der Waals surface area contributed by atoms with E-state index in [0.717, 1.165) is 57.2 Å². The number of aromatic hydroxyl groups is 1. The lowest BCUT2D eigenvalue weighted by Gasteiger charge is -2.36. The maximum atomic E-state index is 15.2. The van der Waals surface area contributed by atoms with Crippen LogP contribution in [-0.4, -0.2) is 253 Å². The van der Waals surface area contributed by atoms with Crippen molar-refractivity contribution < 1.29 is 106 Å². The number of aliphatic hydroxyl groups is 6. The molecule has 4 heterocycles. The summed E-state index contributed by atoms with van der Waals surface area (Å²) < 4.78 is 48.3. The van der Waals surface area contributed by atoms with E-state index >= 15 is 9.59 Å². The number of piperazine rings is 1. The molecule has 4 saturated heterocycles. The smallest absolute Gasteiger partial charge is 0.446 e. The molecule has 5 aliphatic rings. The van der Waals surface area contributed by atoms with Gasteiger partial charge in [-0.3, -0.25) is 38.1 Å². The Morgan fingerprint density at radius 3 is 1.93 bits per heavy atom. The van der Waals surface area contributed by atoms with E-state index in [-0.39, 0.29) is 44.3 Å². The van der Waals surface area contributed by atoms with Crippen molar-refractivity contribution in [1.29, 1.82) is 0 Å². The number of fused-ring (bicyclic) bond motifs is 5. The molecule has 91 heavy (non-hydrogen) atoms. The number of hydrogen-bond donors (Lipinski definition) is 13. The second kappa shape index (κ2) is 28.5. The number of alkyl carbamates (subject to hydrolysis) is 1. The molecule has 1 aliphatic carbocycles. The summed E-state index contributed by atoms with van der Waals surface area (Å²) >= 11 is 0. The fourth-order valence-corrected chi connectivity index (χ4v) is 12.2. The molecule has 31 nitrogen and oxygen atoms in total. The minimum atomic E-state index is -5.26. The first kappa shape index (κ1) is 68.7. The molecule has 0 radical (unpaired) electrons. The van der Waals surface area contributed by atoms with Crippen LogP contribution >= 0.6 is 0 Å². The average molecular weight is 1300 g/mol. The zero-order valence-electron chi connectivity index (χ0n) is 50.4. The lowest BCUT2D eigenvalue weighted by molar-refractivity contribution is -0.148. The number of amides is 9. The van der Waals surface area contributed by atoms with E-state index in [4.69, 9.17) is 9.47 Å². The van der Waals surface area contributed by atoms with Gasteiger partial charge in [-0.2, -0.15) is 8.42 Å². The summed E-state index contributed by atoms with van der Waals surface area (Å²) in [5, 5.41) is 91.0. The van der Waals surface area contributed by atoms with E-state index < -0.39 is 205 Å². The first-order valence-corrected chi connectivity index (χ1v) is 30.9. The molecule has 0 aromatic heterocycles. The van der Waals surface area contributed by atoms with Crippen LogP contribution in [0.25, 0.3) is 11.1 Å². The van der Waals surface area contributed by atoms with Crippen LogP contribution in [-0.2, 0) is 59.9 Å². The van der Waals surface area contributed by atoms with Crippen LogP contribution in [0.3, 0.4) is 0 Å². The Morgan fingerprint density at radius 1 is 0.725 bits per heavy atom. The van der Waals surface area contributed by atoms with Crippen molar-refractivity contribution in [1.82, 2.24) is 46.2 Å². The second-order valence-corrected chi connectivity index (χ2v) is 25.4. The molecular formula is C59H77N9O22S. The Balaban J connectivity index is 1.10. The first-order valence-electron chi connectivity index (χ1n) is 29.5. The van der Waals surface area contributed by atoms with Crippen molar-refractivity contribution >= 4 is 63.9 Å². The summed E-state index contributed by atoms with van der Waals surface area (Å²) in [6.45, 7) is 4.95. The van der Waals surface area contributed by atoms with E-state index in [1.165, 1.54) is 37.5 Å². The summed E-state index contributed by atoms with van der Waals surface area (Å²) in [6.07, 6.45) is -16.1. The van der Waals surface area contributed by atoms with Crippen molar-refractivity contribution in [2.45, 2.75) is 145 Å². The van der Waals surface area contributed by atoms with Crippen LogP contribution in [0, 0.1) is 5.92 Å². The lowest BCUT2D eigenvalue weighted by Crippen LogP contribution is -2.64. The van der Waals surface area contributed by atoms with Gasteiger partial charge in [-0.1, -0.05) is 61.5 Å². The molecule has 13 atom stereocenters. The Kier molecular flexibility index (Phi) is 21.5. The van der Waals surface area contributed by atoms with E-state index in [9.17, 15) is 82.3 Å². The van der Waals surface area contributed by atoms with Gasteiger partial charge in [0.15, 0.2) is 11.5 Å². The van der Waals surface area contributed by atoms with Gasteiger partial charge in [-0.15, -0.1) is 0 Å². The highest BCUT2D eigenvalue weighted by Gasteiger charge is 2.50. The van der Waals surface area contributed by atoms with Gasteiger partial charge in [0.05, 0.1) is 43.0 Å². The number of carbonyl (C=O) groups is 9. The second-order valence-electron chi connectivity index (χ2n) is 24.4. The third-order valence-corrected chi connectivity index (χ3v) is 16.8. The number of aliphatic hydroxyl groups excluding tert-OH is 6. The Bertz CT molecular complexity index is 3310. The van der Waals surface area contributed by atoms with Gasteiger partial charge in [-0.05, 0) is 67.6 Å². The third-order valence-electron chi connectivity index (χ3n) is 16.4. The molecule has 13 N–H and O–H groups in total. The van der Waals surface area contributed by atoms with Crippen molar-refractivity contribution in [2.24, 2.45) is 5.92 Å². The number of benzene rings is 3. The number of rotatable bonds is 12. The molecule has 8 rings (SSSR count). The highest BCUT2D eigenvalue weighted by molar-refractivity contribution is 7.81. The summed E-state index contributed by atoms with van der Waals surface area (Å²) in [4.78, 5) is 133. The molecule has 9 amide bonds. The van der Waals surface area contributed by atoms with Crippen LogP contribution in [0.2, 0.25) is 0 Å². The van der Waals surface area contributed by atoms with Gasteiger partial charge in [0.2, 0.25) is 41.4 Å². The van der Waals surface area contributed by atoms with Crippen molar-refractivity contribution in [3.05, 3.63) is 83.4 Å². The van der Waals surface area contributed by atoms with Crippen molar-refractivity contribution in [3.63, 3.8) is 0 Å². The predicted octanol–water partition coefficient (Wildman–Crippen LogP) is -2.90. The van der Waals surface area contributed by atoms with Crippen LogP contribution in [0.15, 0.2) is 66.7 Å². The molecule has 0 spiro atoms. The summed E-state index contributed by atoms with van der Waals surface area (Å²) in [5.41, 5.74) is 2.75. The summed E-state index contributed by atoms with van der Waals surface area (Å²) in [6, 6.07) is 6.29. The maximum Gasteiger partial charge on any atom is 0.446 e. The van der Waals surface area contributed by atoms with Gasteiger partial charge in [0.1, 0.15) is 48.5 Å². The molecule has 3 aromatic rings. The molecule has 0 saturated carbocycles. The first-order chi connectivity index (χ1) is 42.8. The van der Waals surface area contributed by atoms with Gasteiger partial charge in [0, 0.05) is 76.9 Å². The van der Waals surface area contributed by atoms with Crippen LogP contribution in [0.1, 0.15) is 76.5 Å². The fraction of sp³-hybridized carbons (Fsp3) is 0.542. The number of nitrogens with one attached hydrogen (secondary N) is 5. The lowest BCUT2D eigenvalue weighted by atomic mass is 9.98. The van der Waals surface area contributed by atoms with Crippen LogP contribution in [0.5, 0.6) is 11.5 Å². The highest BCUT2D eigenvalue weighted by Crippen LogP contribution is 2.44. The summed E-state index contributed by atoms with van der Waals surface area (Å²) in [5.74, 6) is -11.3. The highest BCUT2D eigenvalue weighted by atomic mass is 32.3. The quantitative estimate of drug-likeness (QED) is 0.0809. The average Bonchev–Trinajstić information content (AvgIpc) is 1.65. The molecule has 3 aromatic carbocycles. The minimum absolute atomic E-state index is 0.0174. The normalized spacial score (nSPS) is 26.7. The number of hydrogen-bond acceptors (Lipinski definition) is 21. The third kappa shape index (κ3) is 16.6. The molecule has 0 bridgehead atoms. The van der Waals surface area contributed by atoms with Crippen LogP contribution in [0.4, 0.5) is 9.59 Å². The molecule has 1 unspecified atom stereocenters. The Labute approximate surface area is 522 Å². The van der Waals surface area contributed by atoms with Crippen molar-refractivity contribution in [2.75, 3.05) is 52.4 Å². The van der Waals surface area contributed by atoms with Gasteiger partial charge in [0.25, 0.3) is 0 Å². The fourth-order valence-electron chi connectivity index (χ4n) is 11.8. The summed E-state index contributed by atoms with van der Waals surface area (Å²) in [7, 11) is -5.26. The van der Waals surface area contributed by atoms with Crippen LogP contribution < -0.4 is 30.8 Å². The van der Waals surface area contributed by atoms with Gasteiger partial charge >= 0.3 is 22.6 Å². The van der Waals surface area contributed by atoms with Gasteiger partial charge in [-0.25, -0.2) is 9.59 Å². The van der Waals surface area contributed by atoms with Gasteiger partial charge < -0.3 is 95.6 Å². The Morgan fingerprint density at radius 2 is 1.32 bits per heavy atom. The molecule has 4 fully saturated rings. The zero-order valence-corrected chi connectivity index (χ0v) is 51.2. The number of carbonyl (C=O) groups excluding carboxylic acids is 9. The van der Waals surface area contributed by atoms with E-state index in [2.05, 4.69) is 30.8 Å². The largest absolute Gasteiger partial charge is 0.504 e. The standard InChI is InChI=1S/C59H77N9O22S/c1-29-26-68-49(50(29)76)54(80)60-25-32(70)22-39(61-57(83)89-59(3,4)5)51(77)62-46(30(2)69)55(81)67-27-33(71)23-40(67)52(78)63-47(42(73)20-31-14-15-41(72)44(21-31)90-91(85,86)87)53(79)64-48(56(68)82)43(74)24-45(75)65-16-18-66(19-17-65)58(84)88-28-38-36-12-8-6-10-34(36)35-11-7-9-13-37(35)38/h6-15,21,29-30,32-33,38-40,42-43,46-50,69-74,76H,16-20,22-28H2,1-5H3,(H,60,80)(H,61,83)(H,62,77)(H,63,78)(H,64,79)(H,85,86,87)/t29-,30+,32+,33+,39+,40-,42+,43+,46?,47-,48-,49-,50-/m0/s1. The van der Waals surface area contributed by atoms with Crippen molar-refractivity contribution in [3.8, 4) is 22.6 Å². The molecule has 32 heteroatoms. The maximum absolute atomic E-state index is 15.2. The number of phenols is 1. The number of β-amino-alcohol motifs (C(OH)–C–C–N with tert-alkyl or cyclic N) is 1. The number of ether oxygens (including phenoxy) is 2. The number of nitrogens with zero attached hydrogens (tertiary/aromatic N) is 4. The topological polar surface area (TPSA) is 450 Å². The molecular weight excluding hydrogens is 1220 g/mol. The minimum Gasteiger partial charge on any atom is -0.504 e.